The summed E-state index contributed by atoms with van der Waals surface area (Å²) in [4.78, 5) is 21.6. The number of anilines is 1. The molecule has 5 nitrogen and oxygen atoms in total. The second-order valence-electron chi connectivity index (χ2n) is 5.58. The highest BCUT2D eigenvalue weighted by Gasteiger charge is 2.19. The summed E-state index contributed by atoms with van der Waals surface area (Å²) in [5, 5.41) is 4.67. The van der Waals surface area contributed by atoms with Crippen LogP contribution >= 0.6 is 23.2 Å². The molecule has 3 heterocycles. The maximum Gasteiger partial charge on any atom is 0.274 e. The van der Waals surface area contributed by atoms with Gasteiger partial charge in [-0.1, -0.05) is 41.4 Å². The Labute approximate surface area is 153 Å². The molecule has 0 radical (unpaired) electrons. The van der Waals surface area contributed by atoms with Crippen molar-refractivity contribution in [2.45, 2.75) is 6.92 Å². The highest BCUT2D eigenvalue weighted by atomic mass is 35.5. The minimum absolute atomic E-state index is 0.304. The standard InChI is InChI=1S/C18H12Cl2N4O/c1-10-16(24-9-12(19)8-13(20)17(24)22-10)18(25)23-14-6-2-4-11-5-3-7-21-15(11)14/h2-9H,1H3,(H,23,25). The van der Waals surface area contributed by atoms with Crippen LogP contribution in [0.3, 0.4) is 0 Å². The summed E-state index contributed by atoms with van der Waals surface area (Å²) in [5.41, 5.74) is 2.79. The number of carbonyl (C=O) groups excluding carboxylic acids is 1. The zero-order valence-corrected chi connectivity index (χ0v) is 14.6. The fraction of sp³-hybridized carbons (Fsp3) is 0.0556. The summed E-state index contributed by atoms with van der Waals surface area (Å²) in [6.07, 6.45) is 3.32. The van der Waals surface area contributed by atoms with Crippen molar-refractivity contribution in [1.82, 2.24) is 14.4 Å². The van der Waals surface area contributed by atoms with Crippen molar-refractivity contribution >= 4 is 51.3 Å². The lowest BCUT2D eigenvalue weighted by atomic mass is 10.2. The summed E-state index contributed by atoms with van der Waals surface area (Å²) in [7, 11) is 0. The molecule has 7 heteroatoms. The summed E-state index contributed by atoms with van der Waals surface area (Å²) >= 11 is 12.3. The van der Waals surface area contributed by atoms with Crippen LogP contribution in [0.15, 0.2) is 48.8 Å². The highest BCUT2D eigenvalue weighted by Crippen LogP contribution is 2.26. The summed E-state index contributed by atoms with van der Waals surface area (Å²) in [6, 6.07) is 11.0. The number of para-hydroxylation sites is 1. The number of amides is 1. The van der Waals surface area contributed by atoms with Crippen LogP contribution in [-0.4, -0.2) is 20.3 Å². The normalized spacial score (nSPS) is 11.2. The summed E-state index contributed by atoms with van der Waals surface area (Å²) < 4.78 is 1.61. The number of aromatic nitrogens is 3. The molecule has 4 rings (SSSR count). The van der Waals surface area contributed by atoms with Crippen LogP contribution in [0.2, 0.25) is 10.0 Å². The smallest absolute Gasteiger partial charge is 0.274 e. The number of aryl methyl sites for hydroxylation is 1. The van der Waals surface area contributed by atoms with Gasteiger partial charge in [-0.2, -0.15) is 0 Å². The molecule has 4 aromatic rings. The highest BCUT2D eigenvalue weighted by molar-refractivity contribution is 6.36. The van der Waals surface area contributed by atoms with Gasteiger partial charge in [-0.05, 0) is 25.1 Å². The molecule has 0 saturated carbocycles. The molecule has 3 aromatic heterocycles. The van der Waals surface area contributed by atoms with Gasteiger partial charge in [0.15, 0.2) is 5.65 Å². The third-order valence-electron chi connectivity index (χ3n) is 3.91. The average Bonchev–Trinajstić information content (AvgIpc) is 2.91. The van der Waals surface area contributed by atoms with E-state index in [0.29, 0.717) is 32.8 Å². The predicted molar refractivity (Wildman–Crippen MR) is 99.6 cm³/mol. The number of imidazole rings is 1. The molecule has 0 atom stereocenters. The van der Waals surface area contributed by atoms with E-state index >= 15 is 0 Å². The average molecular weight is 371 g/mol. The van der Waals surface area contributed by atoms with Crippen molar-refractivity contribution in [2.75, 3.05) is 5.32 Å². The number of nitrogens with one attached hydrogen (secondary N) is 1. The van der Waals surface area contributed by atoms with Crippen LogP contribution in [-0.2, 0) is 0 Å². The molecule has 25 heavy (non-hydrogen) atoms. The van der Waals surface area contributed by atoms with Gasteiger partial charge in [0.25, 0.3) is 5.91 Å². The predicted octanol–water partition coefficient (Wildman–Crippen LogP) is 4.75. The SMILES string of the molecule is Cc1nc2c(Cl)cc(Cl)cn2c1C(=O)Nc1cccc2cccnc12. The van der Waals surface area contributed by atoms with Gasteiger partial charge >= 0.3 is 0 Å². The third kappa shape index (κ3) is 2.71. The first-order valence-electron chi connectivity index (χ1n) is 7.53. The first-order valence-corrected chi connectivity index (χ1v) is 8.29. The largest absolute Gasteiger partial charge is 0.319 e. The summed E-state index contributed by atoms with van der Waals surface area (Å²) in [5.74, 6) is -0.304. The van der Waals surface area contributed by atoms with Crippen molar-refractivity contribution in [3.8, 4) is 0 Å². The number of benzene rings is 1. The van der Waals surface area contributed by atoms with E-state index in [4.69, 9.17) is 23.2 Å². The number of rotatable bonds is 2. The number of halogens is 2. The van der Waals surface area contributed by atoms with E-state index in [0.717, 1.165) is 10.9 Å². The quantitative estimate of drug-likeness (QED) is 0.553. The zero-order chi connectivity index (χ0) is 17.6. The maximum absolute atomic E-state index is 12.9. The number of hydrogen-bond acceptors (Lipinski definition) is 3. The monoisotopic (exact) mass is 370 g/mol. The first-order chi connectivity index (χ1) is 12.0. The topological polar surface area (TPSA) is 59.3 Å². The fourth-order valence-corrected chi connectivity index (χ4v) is 3.36. The molecule has 0 spiro atoms. The second-order valence-corrected chi connectivity index (χ2v) is 6.42. The van der Waals surface area contributed by atoms with Crippen molar-refractivity contribution in [3.63, 3.8) is 0 Å². The minimum Gasteiger partial charge on any atom is -0.319 e. The molecule has 0 unspecified atom stereocenters. The van der Waals surface area contributed by atoms with E-state index in [9.17, 15) is 4.79 Å². The number of carbonyl (C=O) groups is 1. The van der Waals surface area contributed by atoms with Gasteiger partial charge in [0, 0.05) is 17.8 Å². The number of hydrogen-bond donors (Lipinski definition) is 1. The van der Waals surface area contributed by atoms with Crippen LogP contribution in [0.25, 0.3) is 16.6 Å². The van der Waals surface area contributed by atoms with Crippen LogP contribution in [0.1, 0.15) is 16.2 Å². The van der Waals surface area contributed by atoms with Crippen molar-refractivity contribution < 1.29 is 4.79 Å². The summed E-state index contributed by atoms with van der Waals surface area (Å²) in [6.45, 7) is 1.76. The Morgan fingerprint density at radius 3 is 2.84 bits per heavy atom. The molecule has 0 aliphatic carbocycles. The van der Waals surface area contributed by atoms with Crippen LogP contribution < -0.4 is 5.32 Å². The Balaban J connectivity index is 1.82. The molecule has 0 bridgehead atoms. The molecule has 0 saturated heterocycles. The molecule has 1 aromatic carbocycles. The van der Waals surface area contributed by atoms with E-state index in [-0.39, 0.29) is 5.91 Å². The fourth-order valence-electron chi connectivity index (χ4n) is 2.85. The van der Waals surface area contributed by atoms with Gasteiger partial charge in [-0.25, -0.2) is 4.98 Å². The van der Waals surface area contributed by atoms with Crippen LogP contribution in [0.5, 0.6) is 0 Å². The molecular formula is C18H12Cl2N4O. The van der Waals surface area contributed by atoms with Gasteiger partial charge in [0.2, 0.25) is 0 Å². The Morgan fingerprint density at radius 1 is 1.20 bits per heavy atom. The molecular weight excluding hydrogens is 359 g/mol. The van der Waals surface area contributed by atoms with Crippen LogP contribution in [0.4, 0.5) is 5.69 Å². The lowest BCUT2D eigenvalue weighted by Gasteiger charge is -2.09. The van der Waals surface area contributed by atoms with E-state index in [1.807, 2.05) is 30.3 Å². The van der Waals surface area contributed by atoms with E-state index in [1.54, 1.807) is 29.8 Å². The molecule has 0 aliphatic rings. The van der Waals surface area contributed by atoms with Crippen LogP contribution in [0, 0.1) is 6.92 Å². The lowest BCUT2D eigenvalue weighted by Crippen LogP contribution is -2.16. The van der Waals surface area contributed by atoms with Gasteiger partial charge in [0.1, 0.15) is 5.69 Å². The zero-order valence-electron chi connectivity index (χ0n) is 13.1. The first kappa shape index (κ1) is 15.9. The Hall–Kier alpha value is -2.63. The van der Waals surface area contributed by atoms with Crippen molar-refractivity contribution in [2.24, 2.45) is 0 Å². The van der Waals surface area contributed by atoms with E-state index < -0.39 is 0 Å². The van der Waals surface area contributed by atoms with Gasteiger partial charge in [-0.15, -0.1) is 0 Å². The number of pyridine rings is 2. The third-order valence-corrected chi connectivity index (χ3v) is 4.40. The van der Waals surface area contributed by atoms with Crippen molar-refractivity contribution in [1.29, 1.82) is 0 Å². The number of nitrogens with zero attached hydrogens (tertiary/aromatic N) is 3. The molecule has 124 valence electrons. The van der Waals surface area contributed by atoms with Gasteiger partial charge in [-0.3, -0.25) is 14.2 Å². The van der Waals surface area contributed by atoms with E-state index in [2.05, 4.69) is 15.3 Å². The lowest BCUT2D eigenvalue weighted by molar-refractivity contribution is 0.102. The second kappa shape index (κ2) is 6.02. The number of fused-ring (bicyclic) bond motifs is 2. The molecule has 0 fully saturated rings. The van der Waals surface area contributed by atoms with Gasteiger partial charge < -0.3 is 5.32 Å². The van der Waals surface area contributed by atoms with Gasteiger partial charge in [0.05, 0.1) is 26.9 Å². The van der Waals surface area contributed by atoms with E-state index in [1.165, 1.54) is 0 Å². The Bertz CT molecular complexity index is 1130. The Morgan fingerprint density at radius 2 is 2.00 bits per heavy atom. The van der Waals surface area contributed by atoms with Crippen molar-refractivity contribution in [3.05, 3.63) is 70.2 Å². The molecule has 1 amide bonds. The molecule has 1 N–H and O–H groups in total. The maximum atomic E-state index is 12.9. The molecule has 0 aliphatic heterocycles. The minimum atomic E-state index is -0.304. The Kier molecular flexibility index (Phi) is 3.82.